The number of rotatable bonds is 0. The molecule has 84 valence electrons. The molecule has 0 aliphatic heterocycles. The highest BCUT2D eigenvalue weighted by atomic mass is 35.5. The molecule has 0 saturated heterocycles. The van der Waals surface area contributed by atoms with E-state index in [0.717, 1.165) is 11.0 Å². The second-order valence-electron chi connectivity index (χ2n) is 3.74. The molecule has 2 heterocycles. The lowest BCUT2D eigenvalue weighted by atomic mass is 10.2. The van der Waals surface area contributed by atoms with Gasteiger partial charge in [-0.3, -0.25) is 4.40 Å². The molecule has 2 aromatic heterocycles. The summed E-state index contributed by atoms with van der Waals surface area (Å²) >= 11 is 5.99. The fourth-order valence-electron chi connectivity index (χ4n) is 1.99. The summed E-state index contributed by atoms with van der Waals surface area (Å²) in [7, 11) is 0. The lowest BCUT2D eigenvalue weighted by molar-refractivity contribution is 1.17. The number of fused-ring (bicyclic) bond motifs is 3. The highest BCUT2D eigenvalue weighted by Crippen LogP contribution is 2.26. The fourth-order valence-corrected chi connectivity index (χ4v) is 2.22. The Hall–Kier alpha value is -2.56. The van der Waals surface area contributed by atoms with E-state index >= 15 is 0 Å². The fraction of sp³-hybridized carbons (Fsp3) is 0. The van der Waals surface area contributed by atoms with Crippen LogP contribution in [0.1, 0.15) is 11.3 Å². The van der Waals surface area contributed by atoms with Gasteiger partial charge in [0.2, 0.25) is 0 Å². The first-order valence-corrected chi connectivity index (χ1v) is 5.54. The number of nitriles is 2. The van der Waals surface area contributed by atoms with Crippen LogP contribution in [0.4, 0.5) is 0 Å². The van der Waals surface area contributed by atoms with Gasteiger partial charge in [-0.1, -0.05) is 23.7 Å². The van der Waals surface area contributed by atoms with Gasteiger partial charge in [-0.15, -0.1) is 0 Å². The molecule has 1 aromatic carbocycles. The van der Waals surface area contributed by atoms with Crippen molar-refractivity contribution in [3.05, 3.63) is 46.6 Å². The summed E-state index contributed by atoms with van der Waals surface area (Å²) in [6.07, 6.45) is 0. The minimum atomic E-state index is 0.247. The van der Waals surface area contributed by atoms with E-state index in [1.165, 1.54) is 6.07 Å². The summed E-state index contributed by atoms with van der Waals surface area (Å²) in [5.74, 6) is 0. The van der Waals surface area contributed by atoms with E-state index in [4.69, 9.17) is 22.1 Å². The second kappa shape index (κ2) is 3.73. The van der Waals surface area contributed by atoms with Gasteiger partial charge >= 0.3 is 0 Å². The minimum absolute atomic E-state index is 0.247. The predicted octanol–water partition coefficient (Wildman–Crippen LogP) is 2.88. The molecule has 3 rings (SSSR count). The quantitative estimate of drug-likeness (QED) is 0.618. The number of hydrogen-bond donors (Lipinski definition) is 0. The largest absolute Gasteiger partial charge is 0.282 e. The molecule has 0 amide bonds. The van der Waals surface area contributed by atoms with E-state index in [-0.39, 0.29) is 10.6 Å². The van der Waals surface area contributed by atoms with Gasteiger partial charge in [-0.05, 0) is 18.2 Å². The normalized spacial score (nSPS) is 10.4. The van der Waals surface area contributed by atoms with Gasteiger partial charge in [-0.25, -0.2) is 4.98 Å². The summed E-state index contributed by atoms with van der Waals surface area (Å²) in [6.45, 7) is 0. The van der Waals surface area contributed by atoms with Gasteiger partial charge in [0.15, 0.2) is 5.65 Å². The van der Waals surface area contributed by atoms with Crippen molar-refractivity contribution in [3.63, 3.8) is 0 Å². The molecule has 4 nitrogen and oxygen atoms in total. The van der Waals surface area contributed by atoms with E-state index in [1.54, 1.807) is 4.40 Å². The first-order chi connectivity index (χ1) is 8.76. The Balaban J connectivity index is 2.67. The first kappa shape index (κ1) is 10.6. The Kier molecular flexibility index (Phi) is 2.19. The minimum Gasteiger partial charge on any atom is -0.282 e. The summed E-state index contributed by atoms with van der Waals surface area (Å²) in [5.41, 5.74) is 2.59. The predicted molar refractivity (Wildman–Crippen MR) is 67.1 cm³/mol. The molecule has 3 aromatic rings. The zero-order valence-corrected chi connectivity index (χ0v) is 9.81. The van der Waals surface area contributed by atoms with Crippen LogP contribution in [0.3, 0.4) is 0 Å². The summed E-state index contributed by atoms with van der Waals surface area (Å²) in [6, 6.07) is 13.0. The summed E-state index contributed by atoms with van der Waals surface area (Å²) in [5, 5.41) is 18.5. The summed E-state index contributed by atoms with van der Waals surface area (Å²) in [4.78, 5) is 4.36. The van der Waals surface area contributed by atoms with Gasteiger partial charge in [0, 0.05) is 0 Å². The van der Waals surface area contributed by atoms with Gasteiger partial charge in [0.05, 0.1) is 16.1 Å². The topological polar surface area (TPSA) is 64.9 Å². The van der Waals surface area contributed by atoms with Crippen molar-refractivity contribution in [2.45, 2.75) is 0 Å². The molecule has 0 unspecified atom stereocenters. The lowest BCUT2D eigenvalue weighted by Gasteiger charge is -2.02. The maximum absolute atomic E-state index is 9.16. The Morgan fingerprint density at radius 2 is 1.94 bits per heavy atom. The Morgan fingerprint density at radius 3 is 2.67 bits per heavy atom. The highest BCUT2D eigenvalue weighted by molar-refractivity contribution is 6.32. The van der Waals surface area contributed by atoms with Crippen molar-refractivity contribution in [3.8, 4) is 12.1 Å². The third-order valence-corrected chi connectivity index (χ3v) is 3.05. The number of imidazole rings is 1. The highest BCUT2D eigenvalue weighted by Gasteiger charge is 2.15. The molecular formula is C13H5ClN4. The second-order valence-corrected chi connectivity index (χ2v) is 4.14. The molecule has 5 heteroatoms. The number of para-hydroxylation sites is 2. The molecule has 18 heavy (non-hydrogen) atoms. The van der Waals surface area contributed by atoms with Crippen LogP contribution in [0.5, 0.6) is 0 Å². The number of hydrogen-bond acceptors (Lipinski definition) is 3. The van der Waals surface area contributed by atoms with Gasteiger partial charge in [0.25, 0.3) is 0 Å². The van der Waals surface area contributed by atoms with Crippen LogP contribution in [0.2, 0.25) is 5.02 Å². The van der Waals surface area contributed by atoms with Crippen LogP contribution in [0.25, 0.3) is 16.7 Å². The van der Waals surface area contributed by atoms with Crippen LogP contribution in [-0.2, 0) is 0 Å². The third-order valence-electron chi connectivity index (χ3n) is 2.75. The monoisotopic (exact) mass is 252 g/mol. The van der Waals surface area contributed by atoms with E-state index < -0.39 is 0 Å². The SMILES string of the molecule is N#Cc1c(Cl)cc(C#N)n2c1nc1ccccc12. The molecule has 0 aliphatic rings. The van der Waals surface area contributed by atoms with Crippen molar-refractivity contribution in [1.82, 2.24) is 9.38 Å². The van der Waals surface area contributed by atoms with Gasteiger partial charge in [0.1, 0.15) is 23.4 Å². The number of halogens is 1. The Labute approximate surface area is 107 Å². The standard InChI is InChI=1S/C13H5ClN4/c14-10-5-8(6-15)18-12-4-2-1-3-11(12)17-13(18)9(10)7-16/h1-5H. The van der Waals surface area contributed by atoms with Crippen LogP contribution >= 0.6 is 11.6 Å². The average Bonchev–Trinajstić information content (AvgIpc) is 2.77. The van der Waals surface area contributed by atoms with Crippen molar-refractivity contribution >= 4 is 28.3 Å². The number of aromatic nitrogens is 2. The molecule has 0 bridgehead atoms. The van der Waals surface area contributed by atoms with E-state index in [2.05, 4.69) is 11.1 Å². The first-order valence-electron chi connectivity index (χ1n) is 5.16. The maximum Gasteiger partial charge on any atom is 0.158 e. The van der Waals surface area contributed by atoms with E-state index in [9.17, 15) is 0 Å². The molecule has 0 N–H and O–H groups in total. The molecule has 0 saturated carbocycles. The molecule has 0 aliphatic carbocycles. The van der Waals surface area contributed by atoms with E-state index in [0.29, 0.717) is 11.3 Å². The zero-order chi connectivity index (χ0) is 12.7. The average molecular weight is 253 g/mol. The van der Waals surface area contributed by atoms with Crippen LogP contribution in [0, 0.1) is 22.7 Å². The zero-order valence-electron chi connectivity index (χ0n) is 9.05. The van der Waals surface area contributed by atoms with Crippen LogP contribution < -0.4 is 0 Å². The van der Waals surface area contributed by atoms with Gasteiger partial charge in [-0.2, -0.15) is 10.5 Å². The molecular weight excluding hydrogens is 248 g/mol. The van der Waals surface area contributed by atoms with Crippen LogP contribution in [-0.4, -0.2) is 9.38 Å². The van der Waals surface area contributed by atoms with E-state index in [1.807, 2.05) is 30.3 Å². The third kappa shape index (κ3) is 1.27. The van der Waals surface area contributed by atoms with Crippen molar-refractivity contribution in [1.29, 1.82) is 10.5 Å². The van der Waals surface area contributed by atoms with Crippen LogP contribution in [0.15, 0.2) is 30.3 Å². The maximum atomic E-state index is 9.16. The van der Waals surface area contributed by atoms with Crippen molar-refractivity contribution in [2.75, 3.05) is 0 Å². The van der Waals surface area contributed by atoms with Gasteiger partial charge < -0.3 is 0 Å². The van der Waals surface area contributed by atoms with Crippen molar-refractivity contribution < 1.29 is 0 Å². The number of nitrogens with zero attached hydrogens (tertiary/aromatic N) is 4. The Bertz CT molecular complexity index is 864. The molecule has 0 spiro atoms. The number of pyridine rings is 1. The Morgan fingerprint density at radius 1 is 1.17 bits per heavy atom. The molecule has 0 fully saturated rings. The smallest absolute Gasteiger partial charge is 0.158 e. The number of benzene rings is 1. The molecule has 0 radical (unpaired) electrons. The summed E-state index contributed by atoms with van der Waals surface area (Å²) < 4.78 is 1.65. The van der Waals surface area contributed by atoms with Crippen molar-refractivity contribution in [2.24, 2.45) is 0 Å². The molecule has 0 atom stereocenters. The lowest BCUT2D eigenvalue weighted by Crippen LogP contribution is -1.95.